The largest absolute Gasteiger partial charge is 0.394 e. The first-order chi connectivity index (χ1) is 4.89. The molecule has 0 spiro atoms. The van der Waals surface area contributed by atoms with Crippen LogP contribution < -0.4 is 5.32 Å². The molecule has 0 saturated heterocycles. The van der Waals surface area contributed by atoms with Gasteiger partial charge in [-0.15, -0.1) is 0 Å². The predicted octanol–water partition coefficient (Wildman–Crippen LogP) is -0.746. The third kappa shape index (κ3) is 3.95. The Bertz CT molecular complexity index is 143. The lowest BCUT2D eigenvalue weighted by molar-refractivity contribution is -0.130. The summed E-state index contributed by atoms with van der Waals surface area (Å²) in [6.45, 7) is 4.58. The van der Waals surface area contributed by atoms with Crippen LogP contribution in [0.5, 0.6) is 0 Å². The summed E-state index contributed by atoms with van der Waals surface area (Å²) >= 11 is 0. The molecule has 0 heterocycles. The van der Waals surface area contributed by atoms with Crippen LogP contribution in [0.15, 0.2) is 0 Å². The Morgan fingerprint density at radius 3 is 2.36 bits per heavy atom. The zero-order valence-corrected chi connectivity index (χ0v) is 7.09. The molecule has 4 heteroatoms. The quantitative estimate of drug-likeness (QED) is 0.510. The Balaban J connectivity index is 3.94. The predicted molar refractivity (Wildman–Crippen MR) is 41.0 cm³/mol. The van der Waals surface area contributed by atoms with Gasteiger partial charge in [0.15, 0.2) is 0 Å². The van der Waals surface area contributed by atoms with Crippen molar-refractivity contribution in [3.8, 4) is 0 Å². The highest BCUT2D eigenvalue weighted by atomic mass is 16.3. The Morgan fingerprint density at radius 2 is 2.09 bits per heavy atom. The van der Waals surface area contributed by atoms with Crippen molar-refractivity contribution < 1.29 is 15.0 Å². The van der Waals surface area contributed by atoms with Gasteiger partial charge in [-0.3, -0.25) is 4.79 Å². The number of aliphatic hydroxyl groups is 2. The maximum Gasteiger partial charge on any atom is 0.249 e. The number of amides is 1. The number of nitrogens with one attached hydrogen (secondary N) is 1. The van der Waals surface area contributed by atoms with E-state index in [1.165, 1.54) is 6.92 Å². The standard InChI is InChI=1S/C7H15NO3/c1-5(10)6(11)8-7(2,3)4-9/h5,9-10H,4H2,1-3H3,(H,8,11)/t5-/m1/s1. The second-order valence-electron chi connectivity index (χ2n) is 3.21. The van der Waals surface area contributed by atoms with Crippen molar-refractivity contribution in [3.63, 3.8) is 0 Å². The first-order valence-corrected chi connectivity index (χ1v) is 3.50. The summed E-state index contributed by atoms with van der Waals surface area (Å²) in [5, 5.41) is 20.0. The molecule has 0 aliphatic carbocycles. The van der Waals surface area contributed by atoms with Gasteiger partial charge < -0.3 is 15.5 Å². The fraction of sp³-hybridized carbons (Fsp3) is 0.857. The Morgan fingerprint density at radius 1 is 1.64 bits per heavy atom. The second-order valence-corrected chi connectivity index (χ2v) is 3.21. The van der Waals surface area contributed by atoms with Gasteiger partial charge in [0.2, 0.25) is 5.91 Å². The smallest absolute Gasteiger partial charge is 0.249 e. The van der Waals surface area contributed by atoms with Crippen LogP contribution in [0, 0.1) is 0 Å². The molecular formula is C7H15NO3. The molecule has 0 aromatic heterocycles. The number of hydrogen-bond donors (Lipinski definition) is 3. The molecule has 0 radical (unpaired) electrons. The molecule has 0 unspecified atom stereocenters. The number of carbonyl (C=O) groups excluding carboxylic acids is 1. The summed E-state index contributed by atoms with van der Waals surface area (Å²) in [4.78, 5) is 10.8. The molecule has 0 aliphatic heterocycles. The van der Waals surface area contributed by atoms with Crippen molar-refractivity contribution >= 4 is 5.91 Å². The van der Waals surface area contributed by atoms with Gasteiger partial charge in [0, 0.05) is 0 Å². The third-order valence-electron chi connectivity index (χ3n) is 1.24. The van der Waals surface area contributed by atoms with Crippen LogP contribution in [0.1, 0.15) is 20.8 Å². The van der Waals surface area contributed by atoms with Crippen LogP contribution in [0.2, 0.25) is 0 Å². The van der Waals surface area contributed by atoms with E-state index in [1.807, 2.05) is 0 Å². The first-order valence-electron chi connectivity index (χ1n) is 3.50. The van der Waals surface area contributed by atoms with E-state index in [9.17, 15) is 4.79 Å². The van der Waals surface area contributed by atoms with Gasteiger partial charge in [-0.2, -0.15) is 0 Å². The monoisotopic (exact) mass is 161 g/mol. The van der Waals surface area contributed by atoms with E-state index in [4.69, 9.17) is 10.2 Å². The van der Waals surface area contributed by atoms with Crippen LogP contribution in [0.25, 0.3) is 0 Å². The summed E-state index contributed by atoms with van der Waals surface area (Å²) < 4.78 is 0. The van der Waals surface area contributed by atoms with E-state index in [0.29, 0.717) is 0 Å². The number of hydrogen-bond acceptors (Lipinski definition) is 3. The van der Waals surface area contributed by atoms with Crippen molar-refractivity contribution in [2.45, 2.75) is 32.4 Å². The molecule has 66 valence electrons. The average Bonchev–Trinajstić information content (AvgIpc) is 1.87. The molecule has 11 heavy (non-hydrogen) atoms. The topological polar surface area (TPSA) is 69.6 Å². The van der Waals surface area contributed by atoms with E-state index in [0.717, 1.165) is 0 Å². The second kappa shape index (κ2) is 3.69. The SMILES string of the molecule is C[C@@H](O)C(=O)NC(C)(C)CO. The summed E-state index contributed by atoms with van der Waals surface area (Å²) in [5.74, 6) is -0.468. The molecule has 3 N–H and O–H groups in total. The molecule has 1 atom stereocenters. The fourth-order valence-electron chi connectivity index (χ4n) is 0.477. The minimum absolute atomic E-state index is 0.147. The molecule has 4 nitrogen and oxygen atoms in total. The van der Waals surface area contributed by atoms with Crippen LogP contribution in [0.3, 0.4) is 0 Å². The summed E-state index contributed by atoms with van der Waals surface area (Å²) in [6.07, 6.45) is -1.03. The van der Waals surface area contributed by atoms with Crippen molar-refractivity contribution in [1.29, 1.82) is 0 Å². The molecule has 0 aromatic carbocycles. The number of rotatable bonds is 3. The fourth-order valence-corrected chi connectivity index (χ4v) is 0.477. The maximum atomic E-state index is 10.8. The molecule has 0 saturated carbocycles. The van der Waals surface area contributed by atoms with Gasteiger partial charge in [-0.1, -0.05) is 0 Å². The highest BCUT2D eigenvalue weighted by Gasteiger charge is 2.20. The normalized spacial score (nSPS) is 14.3. The first kappa shape index (κ1) is 10.4. The van der Waals surface area contributed by atoms with E-state index >= 15 is 0 Å². The van der Waals surface area contributed by atoms with E-state index in [-0.39, 0.29) is 6.61 Å². The van der Waals surface area contributed by atoms with Crippen molar-refractivity contribution in [2.24, 2.45) is 0 Å². The Labute approximate surface area is 66.2 Å². The highest BCUT2D eigenvalue weighted by molar-refractivity contribution is 5.80. The minimum Gasteiger partial charge on any atom is -0.394 e. The summed E-state index contributed by atoms with van der Waals surface area (Å²) in [6, 6.07) is 0. The lowest BCUT2D eigenvalue weighted by Crippen LogP contribution is -2.49. The van der Waals surface area contributed by atoms with Gasteiger partial charge in [0.05, 0.1) is 12.1 Å². The van der Waals surface area contributed by atoms with Gasteiger partial charge >= 0.3 is 0 Å². The summed E-state index contributed by atoms with van der Waals surface area (Å²) in [7, 11) is 0. The molecule has 0 rings (SSSR count). The highest BCUT2D eigenvalue weighted by Crippen LogP contribution is 1.99. The summed E-state index contributed by atoms with van der Waals surface area (Å²) in [5.41, 5.74) is -0.659. The number of carbonyl (C=O) groups is 1. The zero-order valence-electron chi connectivity index (χ0n) is 7.09. The van der Waals surface area contributed by atoms with E-state index < -0.39 is 17.6 Å². The van der Waals surface area contributed by atoms with Crippen molar-refractivity contribution in [2.75, 3.05) is 6.61 Å². The van der Waals surface area contributed by atoms with Crippen molar-refractivity contribution in [3.05, 3.63) is 0 Å². The van der Waals surface area contributed by atoms with Gasteiger partial charge in [0.25, 0.3) is 0 Å². The van der Waals surface area contributed by atoms with Crippen molar-refractivity contribution in [1.82, 2.24) is 5.32 Å². The molecule has 0 aromatic rings. The average molecular weight is 161 g/mol. The van der Waals surface area contributed by atoms with Crippen LogP contribution in [0.4, 0.5) is 0 Å². The molecule has 1 amide bonds. The Kier molecular flexibility index (Phi) is 3.48. The molecule has 0 bridgehead atoms. The maximum absolute atomic E-state index is 10.8. The number of aliphatic hydroxyl groups excluding tert-OH is 2. The van der Waals surface area contributed by atoms with Gasteiger partial charge in [-0.25, -0.2) is 0 Å². The lowest BCUT2D eigenvalue weighted by Gasteiger charge is -2.24. The lowest BCUT2D eigenvalue weighted by atomic mass is 10.1. The molecular weight excluding hydrogens is 146 g/mol. The van der Waals surface area contributed by atoms with E-state index in [1.54, 1.807) is 13.8 Å². The molecule has 0 fully saturated rings. The van der Waals surface area contributed by atoms with E-state index in [2.05, 4.69) is 5.32 Å². The van der Waals surface area contributed by atoms with Crippen LogP contribution >= 0.6 is 0 Å². The Hall–Kier alpha value is -0.610. The van der Waals surface area contributed by atoms with Gasteiger partial charge in [-0.05, 0) is 20.8 Å². The van der Waals surface area contributed by atoms with Crippen LogP contribution in [-0.2, 0) is 4.79 Å². The van der Waals surface area contributed by atoms with Crippen LogP contribution in [-0.4, -0.2) is 34.4 Å². The zero-order chi connectivity index (χ0) is 9.07. The molecule has 0 aliphatic rings. The minimum atomic E-state index is -1.03. The van der Waals surface area contributed by atoms with Gasteiger partial charge in [0.1, 0.15) is 6.10 Å². The third-order valence-corrected chi connectivity index (χ3v) is 1.24.